The largest absolute Gasteiger partial charge is 0.346 e. The molecule has 3 rings (SSSR count). The zero-order valence-corrected chi connectivity index (χ0v) is 11.7. The fraction of sp³-hybridized carbons (Fsp3) is 0.636. The van der Waals surface area contributed by atoms with Crippen molar-refractivity contribution in [2.24, 2.45) is 0 Å². The molecule has 1 aliphatic rings. The van der Waals surface area contributed by atoms with E-state index in [-0.39, 0.29) is 0 Å². The number of rotatable bonds is 4. The van der Waals surface area contributed by atoms with Crippen molar-refractivity contribution in [2.75, 3.05) is 31.1 Å². The molecule has 1 fully saturated rings. The molecule has 1 saturated heterocycles. The minimum absolute atomic E-state index is 0.760. The number of aromatic amines is 1. The fourth-order valence-electron chi connectivity index (χ4n) is 2.15. The molecule has 8 heteroatoms. The Morgan fingerprint density at radius 3 is 2.79 bits per heavy atom. The van der Waals surface area contributed by atoms with Gasteiger partial charge in [-0.2, -0.15) is 5.21 Å². The minimum atomic E-state index is 0.760. The van der Waals surface area contributed by atoms with Crippen LogP contribution in [-0.4, -0.2) is 56.7 Å². The Kier molecular flexibility index (Phi) is 3.69. The van der Waals surface area contributed by atoms with Gasteiger partial charge < -0.3 is 4.90 Å². The van der Waals surface area contributed by atoms with E-state index in [1.165, 1.54) is 4.88 Å². The van der Waals surface area contributed by atoms with Crippen LogP contribution in [-0.2, 0) is 13.0 Å². The van der Waals surface area contributed by atoms with Gasteiger partial charge in [-0.1, -0.05) is 12.1 Å². The van der Waals surface area contributed by atoms with Crippen LogP contribution < -0.4 is 4.90 Å². The van der Waals surface area contributed by atoms with E-state index in [9.17, 15) is 0 Å². The normalized spacial score (nSPS) is 17.0. The molecular weight excluding hydrogens is 262 g/mol. The van der Waals surface area contributed by atoms with Gasteiger partial charge >= 0.3 is 0 Å². The van der Waals surface area contributed by atoms with Crippen molar-refractivity contribution in [2.45, 2.75) is 19.9 Å². The highest BCUT2D eigenvalue weighted by Crippen LogP contribution is 2.23. The number of tetrazole rings is 1. The summed E-state index contributed by atoms with van der Waals surface area (Å²) in [5.41, 5.74) is 0. The second kappa shape index (κ2) is 5.62. The summed E-state index contributed by atoms with van der Waals surface area (Å²) in [6.45, 7) is 6.97. The third-order valence-corrected chi connectivity index (χ3v) is 4.49. The van der Waals surface area contributed by atoms with Gasteiger partial charge in [0.05, 0.1) is 6.54 Å². The molecule has 0 atom stereocenters. The maximum absolute atomic E-state index is 4.50. The number of aryl methyl sites for hydroxylation is 1. The number of nitrogens with one attached hydrogen (secondary N) is 1. The summed E-state index contributed by atoms with van der Waals surface area (Å²) in [7, 11) is 0. The summed E-state index contributed by atoms with van der Waals surface area (Å²) in [5.74, 6) is 0.760. The zero-order valence-electron chi connectivity index (χ0n) is 10.9. The van der Waals surface area contributed by atoms with Crippen molar-refractivity contribution in [3.8, 4) is 0 Å². The van der Waals surface area contributed by atoms with Crippen molar-refractivity contribution in [3.05, 3.63) is 16.9 Å². The van der Waals surface area contributed by atoms with E-state index in [0.717, 1.165) is 50.1 Å². The topological polar surface area (TPSA) is 73.8 Å². The van der Waals surface area contributed by atoms with E-state index in [2.05, 4.69) is 42.3 Å². The minimum Gasteiger partial charge on any atom is -0.346 e. The Morgan fingerprint density at radius 1 is 1.32 bits per heavy atom. The van der Waals surface area contributed by atoms with Gasteiger partial charge in [0.25, 0.3) is 0 Å². The zero-order chi connectivity index (χ0) is 13.1. The fourth-order valence-corrected chi connectivity index (χ4v) is 3.05. The number of hydrogen-bond donors (Lipinski definition) is 1. The molecule has 1 aliphatic heterocycles. The van der Waals surface area contributed by atoms with Crippen LogP contribution in [0.3, 0.4) is 0 Å². The highest BCUT2D eigenvalue weighted by molar-refractivity contribution is 7.15. The van der Waals surface area contributed by atoms with Crippen LogP contribution in [0.2, 0.25) is 0 Å². The molecule has 0 unspecified atom stereocenters. The first-order valence-corrected chi connectivity index (χ1v) is 7.31. The van der Waals surface area contributed by atoms with Gasteiger partial charge in [0.1, 0.15) is 0 Å². The molecule has 0 radical (unpaired) electrons. The molecule has 0 spiro atoms. The molecule has 19 heavy (non-hydrogen) atoms. The molecule has 1 N–H and O–H groups in total. The number of nitrogens with zero attached hydrogens (tertiary/aromatic N) is 6. The molecule has 3 heterocycles. The van der Waals surface area contributed by atoms with E-state index in [4.69, 9.17) is 0 Å². The van der Waals surface area contributed by atoms with Gasteiger partial charge in [-0.15, -0.1) is 21.5 Å². The van der Waals surface area contributed by atoms with Gasteiger partial charge in [-0.3, -0.25) is 4.90 Å². The summed E-state index contributed by atoms with van der Waals surface area (Å²) in [5, 5.41) is 15.2. The lowest BCUT2D eigenvalue weighted by Crippen LogP contribution is -2.46. The van der Waals surface area contributed by atoms with Crippen LogP contribution in [0.15, 0.2) is 6.20 Å². The first kappa shape index (κ1) is 12.5. The van der Waals surface area contributed by atoms with E-state index in [1.807, 2.05) is 6.20 Å². The Morgan fingerprint density at radius 2 is 2.16 bits per heavy atom. The van der Waals surface area contributed by atoms with Gasteiger partial charge in [0.15, 0.2) is 11.0 Å². The van der Waals surface area contributed by atoms with Crippen LogP contribution in [0.5, 0.6) is 0 Å². The van der Waals surface area contributed by atoms with Gasteiger partial charge in [-0.25, -0.2) is 4.98 Å². The molecule has 0 bridgehead atoms. The number of thiazole rings is 1. The predicted octanol–water partition coefficient (Wildman–Crippen LogP) is 0.541. The number of H-pyrrole nitrogens is 1. The standard InChI is InChI=1S/C11H17N7S/c1-2-9-7-12-11(19-9)18-5-3-17(4-6-18)8-10-13-15-16-14-10/h7H,2-6,8H2,1H3,(H,13,14,15,16). The molecule has 0 saturated carbocycles. The summed E-state index contributed by atoms with van der Waals surface area (Å²) >= 11 is 1.80. The molecule has 7 nitrogen and oxygen atoms in total. The molecule has 0 aromatic carbocycles. The van der Waals surface area contributed by atoms with Crippen LogP contribution in [0.4, 0.5) is 5.13 Å². The van der Waals surface area contributed by atoms with Gasteiger partial charge in [0, 0.05) is 37.3 Å². The molecular formula is C11H17N7S. The number of hydrogen-bond acceptors (Lipinski definition) is 7. The number of aromatic nitrogens is 5. The van der Waals surface area contributed by atoms with Crippen LogP contribution in [0, 0.1) is 0 Å². The monoisotopic (exact) mass is 279 g/mol. The van der Waals surface area contributed by atoms with Crippen LogP contribution >= 0.6 is 11.3 Å². The molecule has 2 aromatic rings. The smallest absolute Gasteiger partial charge is 0.188 e. The Hall–Kier alpha value is -1.54. The van der Waals surface area contributed by atoms with Crippen LogP contribution in [0.1, 0.15) is 17.6 Å². The maximum atomic E-state index is 4.50. The average Bonchev–Trinajstić information content (AvgIpc) is 3.10. The lowest BCUT2D eigenvalue weighted by Gasteiger charge is -2.33. The second-order valence-corrected chi connectivity index (χ2v) is 5.65. The summed E-state index contributed by atoms with van der Waals surface area (Å²) < 4.78 is 0. The number of anilines is 1. The molecule has 0 aliphatic carbocycles. The Labute approximate surface area is 115 Å². The SMILES string of the molecule is CCc1cnc(N2CCN(Cc3nn[nH]n3)CC2)s1. The Balaban J connectivity index is 1.54. The van der Waals surface area contributed by atoms with Crippen molar-refractivity contribution >= 4 is 16.5 Å². The van der Waals surface area contributed by atoms with E-state index in [1.54, 1.807) is 11.3 Å². The highest BCUT2D eigenvalue weighted by Gasteiger charge is 2.20. The third kappa shape index (κ3) is 2.90. The first-order valence-electron chi connectivity index (χ1n) is 6.49. The van der Waals surface area contributed by atoms with Gasteiger partial charge in [-0.05, 0) is 6.42 Å². The summed E-state index contributed by atoms with van der Waals surface area (Å²) in [6, 6.07) is 0. The third-order valence-electron chi connectivity index (χ3n) is 3.29. The maximum Gasteiger partial charge on any atom is 0.188 e. The first-order chi connectivity index (χ1) is 9.35. The predicted molar refractivity (Wildman–Crippen MR) is 73.2 cm³/mol. The molecule has 2 aromatic heterocycles. The van der Waals surface area contributed by atoms with Crippen molar-refractivity contribution < 1.29 is 0 Å². The van der Waals surface area contributed by atoms with Crippen molar-refractivity contribution in [1.29, 1.82) is 0 Å². The quantitative estimate of drug-likeness (QED) is 0.880. The van der Waals surface area contributed by atoms with Crippen molar-refractivity contribution in [3.63, 3.8) is 0 Å². The highest BCUT2D eigenvalue weighted by atomic mass is 32.1. The molecule has 102 valence electrons. The van der Waals surface area contributed by atoms with E-state index < -0.39 is 0 Å². The van der Waals surface area contributed by atoms with E-state index in [0.29, 0.717) is 0 Å². The summed E-state index contributed by atoms with van der Waals surface area (Å²) in [6.07, 6.45) is 3.06. The van der Waals surface area contributed by atoms with E-state index >= 15 is 0 Å². The lowest BCUT2D eigenvalue weighted by molar-refractivity contribution is 0.244. The van der Waals surface area contributed by atoms with Crippen LogP contribution in [0.25, 0.3) is 0 Å². The lowest BCUT2D eigenvalue weighted by atomic mass is 10.3. The number of piperazine rings is 1. The molecule has 0 amide bonds. The second-order valence-electron chi connectivity index (χ2n) is 4.55. The average molecular weight is 279 g/mol. The Bertz CT molecular complexity index is 501. The summed E-state index contributed by atoms with van der Waals surface area (Å²) in [4.78, 5) is 10.5. The van der Waals surface area contributed by atoms with Gasteiger partial charge in [0.2, 0.25) is 0 Å². The van der Waals surface area contributed by atoms with Crippen molar-refractivity contribution in [1.82, 2.24) is 30.5 Å².